The molecule has 0 aromatic heterocycles. The summed E-state index contributed by atoms with van der Waals surface area (Å²) in [6, 6.07) is 25.5. The summed E-state index contributed by atoms with van der Waals surface area (Å²) in [7, 11) is -3.25. The van der Waals surface area contributed by atoms with E-state index in [0.29, 0.717) is 5.57 Å². The molecule has 0 saturated carbocycles. The van der Waals surface area contributed by atoms with Crippen molar-refractivity contribution in [2.75, 3.05) is 6.26 Å². The minimum Gasteiger partial charge on any atom is -0.345 e. The minimum atomic E-state index is -3.25. The van der Waals surface area contributed by atoms with E-state index in [2.05, 4.69) is 5.32 Å². The van der Waals surface area contributed by atoms with Crippen LogP contribution in [-0.2, 0) is 14.6 Å². The van der Waals surface area contributed by atoms with E-state index in [1.54, 1.807) is 24.3 Å². The molecule has 0 radical (unpaired) electrons. The van der Waals surface area contributed by atoms with E-state index in [1.807, 2.05) is 73.7 Å². The van der Waals surface area contributed by atoms with E-state index < -0.39 is 9.84 Å². The lowest BCUT2D eigenvalue weighted by atomic mass is 10.0. The first-order valence-corrected chi connectivity index (χ1v) is 11.2. The van der Waals surface area contributed by atoms with Crippen LogP contribution in [0.2, 0.25) is 0 Å². The molecule has 0 spiro atoms. The topological polar surface area (TPSA) is 63.2 Å². The lowest BCUT2D eigenvalue weighted by molar-refractivity contribution is -0.116. The molecule has 3 aromatic rings. The Kier molecular flexibility index (Phi) is 6.29. The fourth-order valence-corrected chi connectivity index (χ4v) is 3.61. The van der Waals surface area contributed by atoms with Gasteiger partial charge in [0.2, 0.25) is 0 Å². The molecule has 1 amide bonds. The maximum atomic E-state index is 13.1. The Bertz CT molecular complexity index is 1100. The Morgan fingerprint density at radius 3 is 1.97 bits per heavy atom. The lowest BCUT2D eigenvalue weighted by Crippen LogP contribution is -2.27. The van der Waals surface area contributed by atoms with Gasteiger partial charge in [-0.3, -0.25) is 4.79 Å². The van der Waals surface area contributed by atoms with Crippen molar-refractivity contribution < 1.29 is 13.2 Å². The second kappa shape index (κ2) is 8.88. The number of carbonyl (C=O) groups excluding carboxylic acids is 1. The third-order valence-electron chi connectivity index (χ3n) is 4.60. The zero-order chi connectivity index (χ0) is 20.9. The molecule has 0 aliphatic heterocycles. The summed E-state index contributed by atoms with van der Waals surface area (Å²) in [4.78, 5) is 13.3. The molecule has 29 heavy (non-hydrogen) atoms. The van der Waals surface area contributed by atoms with Gasteiger partial charge in [-0.1, -0.05) is 72.8 Å². The highest BCUT2D eigenvalue weighted by atomic mass is 32.2. The maximum absolute atomic E-state index is 13.1. The van der Waals surface area contributed by atoms with Gasteiger partial charge in [-0.2, -0.15) is 0 Å². The highest BCUT2D eigenvalue weighted by Crippen LogP contribution is 2.21. The molecule has 5 heteroatoms. The van der Waals surface area contributed by atoms with Gasteiger partial charge in [0.15, 0.2) is 9.84 Å². The zero-order valence-electron chi connectivity index (χ0n) is 16.4. The summed E-state index contributed by atoms with van der Waals surface area (Å²) in [5.41, 5.74) is 3.16. The Balaban J connectivity index is 1.86. The summed E-state index contributed by atoms with van der Waals surface area (Å²) >= 11 is 0. The van der Waals surface area contributed by atoms with Crippen LogP contribution in [0.4, 0.5) is 0 Å². The number of hydrogen-bond donors (Lipinski definition) is 1. The van der Waals surface area contributed by atoms with Crippen LogP contribution in [0.3, 0.4) is 0 Å². The first kappa shape index (κ1) is 20.6. The van der Waals surface area contributed by atoms with Gasteiger partial charge < -0.3 is 5.32 Å². The standard InChI is InChI=1S/C24H23NO3S/c1-18(20-13-15-22(16-14-20)29(2,27)28)25-24(26)23(21-11-7-4-8-12-21)17-19-9-5-3-6-10-19/h3-18H,1-2H3,(H,25,26)/b23-17+/t18-/m1/s1. The van der Waals surface area contributed by atoms with Crippen LogP contribution < -0.4 is 5.32 Å². The molecule has 0 heterocycles. The van der Waals surface area contributed by atoms with Crippen molar-refractivity contribution in [3.63, 3.8) is 0 Å². The summed E-state index contributed by atoms with van der Waals surface area (Å²) in [5.74, 6) is -0.195. The van der Waals surface area contributed by atoms with Crippen LogP contribution in [0.1, 0.15) is 29.7 Å². The molecular formula is C24H23NO3S. The van der Waals surface area contributed by atoms with Crippen molar-refractivity contribution >= 4 is 27.4 Å². The third-order valence-corrected chi connectivity index (χ3v) is 5.72. The lowest BCUT2D eigenvalue weighted by Gasteiger charge is -2.17. The molecule has 0 aliphatic carbocycles. The van der Waals surface area contributed by atoms with Crippen molar-refractivity contribution in [2.45, 2.75) is 17.9 Å². The monoisotopic (exact) mass is 405 g/mol. The number of hydrogen-bond acceptors (Lipinski definition) is 3. The number of benzene rings is 3. The van der Waals surface area contributed by atoms with E-state index >= 15 is 0 Å². The van der Waals surface area contributed by atoms with Crippen molar-refractivity contribution in [3.8, 4) is 0 Å². The Morgan fingerprint density at radius 1 is 0.862 bits per heavy atom. The molecule has 0 fully saturated rings. The average Bonchev–Trinajstić information content (AvgIpc) is 2.72. The van der Waals surface area contributed by atoms with Crippen LogP contribution in [0.25, 0.3) is 11.6 Å². The Morgan fingerprint density at radius 2 is 1.41 bits per heavy atom. The fraction of sp³-hybridized carbons (Fsp3) is 0.125. The number of carbonyl (C=O) groups is 1. The van der Waals surface area contributed by atoms with E-state index in [1.165, 1.54) is 6.26 Å². The Hall–Kier alpha value is -3.18. The van der Waals surface area contributed by atoms with Crippen molar-refractivity contribution in [1.29, 1.82) is 0 Å². The van der Waals surface area contributed by atoms with Crippen LogP contribution in [0.15, 0.2) is 89.8 Å². The molecule has 1 N–H and O–H groups in total. The Labute approximate surface area is 171 Å². The maximum Gasteiger partial charge on any atom is 0.252 e. The summed E-state index contributed by atoms with van der Waals surface area (Å²) < 4.78 is 23.3. The molecule has 1 atom stereocenters. The van der Waals surface area contributed by atoms with Gasteiger partial charge in [-0.05, 0) is 41.8 Å². The molecular weight excluding hydrogens is 382 g/mol. The van der Waals surface area contributed by atoms with Gasteiger partial charge >= 0.3 is 0 Å². The van der Waals surface area contributed by atoms with Crippen LogP contribution >= 0.6 is 0 Å². The van der Waals surface area contributed by atoms with Gasteiger partial charge in [0.25, 0.3) is 5.91 Å². The molecule has 0 bridgehead atoms. The van der Waals surface area contributed by atoms with Crippen molar-refractivity contribution in [1.82, 2.24) is 5.32 Å². The van der Waals surface area contributed by atoms with Gasteiger partial charge in [-0.15, -0.1) is 0 Å². The SMILES string of the molecule is C[C@@H](NC(=O)/C(=C/c1ccccc1)c1ccccc1)c1ccc(S(C)(=O)=O)cc1. The highest BCUT2D eigenvalue weighted by molar-refractivity contribution is 7.90. The summed E-state index contributed by atoms with van der Waals surface area (Å²) in [6.07, 6.45) is 3.04. The molecule has 0 unspecified atom stereocenters. The highest BCUT2D eigenvalue weighted by Gasteiger charge is 2.16. The van der Waals surface area contributed by atoms with Gasteiger partial charge in [0.1, 0.15) is 0 Å². The van der Waals surface area contributed by atoms with E-state index in [-0.39, 0.29) is 16.8 Å². The number of rotatable bonds is 6. The molecule has 3 rings (SSSR count). The van der Waals surface area contributed by atoms with E-state index in [0.717, 1.165) is 16.7 Å². The second-order valence-corrected chi connectivity index (χ2v) is 8.89. The molecule has 3 aromatic carbocycles. The third kappa shape index (κ3) is 5.42. The van der Waals surface area contributed by atoms with Crippen molar-refractivity contribution in [3.05, 3.63) is 102 Å². The molecule has 0 aliphatic rings. The van der Waals surface area contributed by atoms with Gasteiger partial charge in [0, 0.05) is 11.8 Å². The second-order valence-electron chi connectivity index (χ2n) is 6.87. The van der Waals surface area contributed by atoms with Gasteiger partial charge in [-0.25, -0.2) is 8.42 Å². The van der Waals surface area contributed by atoms with E-state index in [4.69, 9.17) is 0 Å². The quantitative estimate of drug-likeness (QED) is 0.485. The number of nitrogens with one attached hydrogen (secondary N) is 1. The zero-order valence-corrected chi connectivity index (χ0v) is 17.2. The van der Waals surface area contributed by atoms with Crippen LogP contribution in [-0.4, -0.2) is 20.6 Å². The number of amides is 1. The molecule has 0 saturated heterocycles. The predicted molar refractivity (Wildman–Crippen MR) is 117 cm³/mol. The largest absolute Gasteiger partial charge is 0.345 e. The first-order valence-electron chi connectivity index (χ1n) is 9.27. The van der Waals surface area contributed by atoms with Crippen LogP contribution in [0, 0.1) is 0 Å². The predicted octanol–water partition coefficient (Wildman–Crippen LogP) is 4.51. The smallest absolute Gasteiger partial charge is 0.252 e. The number of sulfone groups is 1. The molecule has 4 nitrogen and oxygen atoms in total. The van der Waals surface area contributed by atoms with Crippen molar-refractivity contribution in [2.24, 2.45) is 0 Å². The average molecular weight is 406 g/mol. The first-order chi connectivity index (χ1) is 13.8. The molecule has 148 valence electrons. The summed E-state index contributed by atoms with van der Waals surface area (Å²) in [5, 5.41) is 3.02. The van der Waals surface area contributed by atoms with Gasteiger partial charge in [0.05, 0.1) is 10.9 Å². The minimum absolute atomic E-state index is 0.195. The normalized spacial score (nSPS) is 13.0. The van der Waals surface area contributed by atoms with Crippen LogP contribution in [0.5, 0.6) is 0 Å². The fourth-order valence-electron chi connectivity index (χ4n) is 2.98. The summed E-state index contributed by atoms with van der Waals surface area (Å²) in [6.45, 7) is 1.87. The van der Waals surface area contributed by atoms with E-state index in [9.17, 15) is 13.2 Å².